The highest BCUT2D eigenvalue weighted by Crippen LogP contribution is 2.40. The van der Waals surface area contributed by atoms with Crippen LogP contribution >= 0.6 is 0 Å². The van der Waals surface area contributed by atoms with E-state index in [4.69, 9.17) is 4.74 Å². The number of hydrogen-bond acceptors (Lipinski definition) is 5. The highest BCUT2D eigenvalue weighted by molar-refractivity contribution is 5.94. The number of carbonyl (C=O) groups is 1. The summed E-state index contributed by atoms with van der Waals surface area (Å²) in [5, 5.41) is 11.6. The second-order valence-corrected chi connectivity index (χ2v) is 7.10. The van der Waals surface area contributed by atoms with Gasteiger partial charge in [-0.15, -0.1) is 0 Å². The normalized spacial score (nSPS) is 20.9. The lowest BCUT2D eigenvalue weighted by molar-refractivity contribution is -0.147. The molecular weight excluding hydrogens is 316 g/mol. The highest BCUT2D eigenvalue weighted by Gasteiger charge is 2.45. The van der Waals surface area contributed by atoms with E-state index in [-0.39, 0.29) is 18.2 Å². The Balaban J connectivity index is 1.89. The topological polar surface area (TPSA) is 62.1 Å². The number of ketones is 1. The molecule has 0 radical (unpaired) electrons. The molecule has 0 aromatic heterocycles. The van der Waals surface area contributed by atoms with Gasteiger partial charge in [-0.1, -0.05) is 31.4 Å². The second-order valence-electron chi connectivity index (χ2n) is 7.10. The van der Waals surface area contributed by atoms with Gasteiger partial charge in [0.2, 0.25) is 0 Å². The first kappa shape index (κ1) is 17.9. The molecule has 1 fully saturated rings. The summed E-state index contributed by atoms with van der Waals surface area (Å²) in [4.78, 5) is 19.6. The average Bonchev–Trinajstić information content (AvgIpc) is 3.06. The van der Waals surface area contributed by atoms with Crippen LogP contribution in [0.5, 0.6) is 5.75 Å². The third kappa shape index (κ3) is 3.56. The van der Waals surface area contributed by atoms with Gasteiger partial charge in [0.1, 0.15) is 5.75 Å². The molecular formula is C20H28N2O3. The van der Waals surface area contributed by atoms with Crippen LogP contribution in [-0.2, 0) is 10.4 Å². The maximum absolute atomic E-state index is 13.2. The first-order valence-corrected chi connectivity index (χ1v) is 9.22. The lowest BCUT2D eigenvalue weighted by Crippen LogP contribution is -2.49. The fraction of sp³-hybridized carbons (Fsp3) is 0.600. The van der Waals surface area contributed by atoms with E-state index in [1.165, 1.54) is 6.42 Å². The van der Waals surface area contributed by atoms with E-state index in [9.17, 15) is 9.90 Å². The minimum absolute atomic E-state index is 0.0259. The number of methoxy groups -OCH3 is 1. The smallest absolute Gasteiger partial charge is 0.188 e. The number of aliphatic imine (C=N–C) groups is 1. The largest absolute Gasteiger partial charge is 0.497 e. The molecule has 1 aliphatic heterocycles. The lowest BCUT2D eigenvalue weighted by Gasteiger charge is -2.38. The number of Topliss-reactive ketones (excluding diaryl/α,β-unsaturated/α-hetero) is 1. The van der Waals surface area contributed by atoms with Gasteiger partial charge >= 0.3 is 0 Å². The average molecular weight is 344 g/mol. The molecule has 1 aromatic rings. The van der Waals surface area contributed by atoms with Crippen molar-refractivity contribution < 1.29 is 14.6 Å². The van der Waals surface area contributed by atoms with Crippen molar-refractivity contribution in [3.05, 3.63) is 29.8 Å². The van der Waals surface area contributed by atoms with Crippen molar-refractivity contribution in [3.8, 4) is 5.75 Å². The monoisotopic (exact) mass is 344 g/mol. The SMILES string of the molecule is COc1ccc(C(O)(C(=O)CN2CCN=C2C)C2CCCCC2)cc1. The molecule has 5 heteroatoms. The van der Waals surface area contributed by atoms with Crippen LogP contribution in [0.25, 0.3) is 0 Å². The maximum Gasteiger partial charge on any atom is 0.188 e. The van der Waals surface area contributed by atoms with Gasteiger partial charge in [0.05, 0.1) is 26.0 Å². The molecule has 0 saturated heterocycles. The Hall–Kier alpha value is -1.88. The summed E-state index contributed by atoms with van der Waals surface area (Å²) in [7, 11) is 1.61. The molecule has 1 aromatic carbocycles. The maximum atomic E-state index is 13.2. The molecule has 0 amide bonds. The first-order chi connectivity index (χ1) is 12.1. The Morgan fingerprint density at radius 1 is 1.28 bits per heavy atom. The van der Waals surface area contributed by atoms with Crippen molar-refractivity contribution in [2.45, 2.75) is 44.6 Å². The standard InChI is InChI=1S/C20H28N2O3/c1-15-21-12-13-22(15)14-19(23)20(24,16-6-4-3-5-7-16)17-8-10-18(25-2)11-9-17/h8-11,16,24H,3-7,12-14H2,1-2H3. The van der Waals surface area contributed by atoms with Crippen molar-refractivity contribution >= 4 is 11.6 Å². The predicted molar refractivity (Wildman–Crippen MR) is 98.0 cm³/mol. The summed E-state index contributed by atoms with van der Waals surface area (Å²) in [6.45, 7) is 3.62. The zero-order valence-corrected chi connectivity index (χ0v) is 15.2. The van der Waals surface area contributed by atoms with E-state index >= 15 is 0 Å². The molecule has 3 rings (SSSR count). The van der Waals surface area contributed by atoms with Gasteiger partial charge in [0.15, 0.2) is 11.4 Å². The summed E-state index contributed by atoms with van der Waals surface area (Å²) in [6, 6.07) is 7.30. The molecule has 0 bridgehead atoms. The molecule has 1 unspecified atom stereocenters. The van der Waals surface area contributed by atoms with Gasteiger partial charge in [-0.05, 0) is 43.4 Å². The number of nitrogens with zero attached hydrogens (tertiary/aromatic N) is 2. The molecule has 25 heavy (non-hydrogen) atoms. The van der Waals surface area contributed by atoms with Crippen LogP contribution in [0.4, 0.5) is 0 Å². The summed E-state index contributed by atoms with van der Waals surface area (Å²) >= 11 is 0. The van der Waals surface area contributed by atoms with Crippen LogP contribution in [0, 0.1) is 5.92 Å². The van der Waals surface area contributed by atoms with Gasteiger partial charge in [-0.2, -0.15) is 0 Å². The van der Waals surface area contributed by atoms with E-state index in [0.717, 1.165) is 50.4 Å². The number of ether oxygens (including phenoxy) is 1. The number of hydrogen-bond donors (Lipinski definition) is 1. The fourth-order valence-electron chi connectivity index (χ4n) is 4.07. The van der Waals surface area contributed by atoms with Gasteiger partial charge in [0.25, 0.3) is 0 Å². The van der Waals surface area contributed by atoms with Crippen LogP contribution in [-0.4, -0.2) is 48.4 Å². The van der Waals surface area contributed by atoms with E-state index in [0.29, 0.717) is 5.56 Å². The summed E-state index contributed by atoms with van der Waals surface area (Å²) in [5.41, 5.74) is -0.755. The Labute approximate surface area is 149 Å². The highest BCUT2D eigenvalue weighted by atomic mass is 16.5. The van der Waals surface area contributed by atoms with Crippen molar-refractivity contribution in [1.82, 2.24) is 4.90 Å². The Kier molecular flexibility index (Phi) is 5.42. The third-order valence-electron chi connectivity index (χ3n) is 5.65. The van der Waals surface area contributed by atoms with E-state index in [2.05, 4.69) is 4.99 Å². The zero-order valence-electron chi connectivity index (χ0n) is 15.2. The van der Waals surface area contributed by atoms with Crippen molar-refractivity contribution in [3.63, 3.8) is 0 Å². The van der Waals surface area contributed by atoms with Crippen LogP contribution in [0.2, 0.25) is 0 Å². The lowest BCUT2D eigenvalue weighted by atomic mass is 9.71. The summed E-state index contributed by atoms with van der Waals surface area (Å²) in [5.74, 6) is 1.46. The van der Waals surface area contributed by atoms with Crippen molar-refractivity contribution in [2.75, 3.05) is 26.7 Å². The predicted octanol–water partition coefficient (Wildman–Crippen LogP) is 2.77. The van der Waals surface area contributed by atoms with E-state index < -0.39 is 5.60 Å². The first-order valence-electron chi connectivity index (χ1n) is 9.22. The molecule has 1 aliphatic carbocycles. The second kappa shape index (κ2) is 7.56. The van der Waals surface area contributed by atoms with Crippen LogP contribution in [0.15, 0.2) is 29.3 Å². The van der Waals surface area contributed by atoms with Crippen LogP contribution in [0.3, 0.4) is 0 Å². The van der Waals surface area contributed by atoms with Crippen LogP contribution < -0.4 is 4.74 Å². The number of carbonyl (C=O) groups excluding carboxylic acids is 1. The Morgan fingerprint density at radius 2 is 1.96 bits per heavy atom. The van der Waals surface area contributed by atoms with Crippen molar-refractivity contribution in [2.24, 2.45) is 10.9 Å². The number of amidine groups is 1. The number of benzene rings is 1. The van der Waals surface area contributed by atoms with Gasteiger partial charge in [-0.3, -0.25) is 9.79 Å². The molecule has 0 spiro atoms. The van der Waals surface area contributed by atoms with E-state index in [1.54, 1.807) is 7.11 Å². The molecule has 1 saturated carbocycles. The third-order valence-corrected chi connectivity index (χ3v) is 5.65. The minimum atomic E-state index is -1.43. The van der Waals surface area contributed by atoms with Gasteiger partial charge in [0, 0.05) is 6.54 Å². The molecule has 1 N–H and O–H groups in total. The quantitative estimate of drug-likeness (QED) is 0.862. The Morgan fingerprint density at radius 3 is 2.52 bits per heavy atom. The van der Waals surface area contributed by atoms with Crippen molar-refractivity contribution in [1.29, 1.82) is 0 Å². The molecule has 136 valence electrons. The molecule has 2 aliphatic rings. The minimum Gasteiger partial charge on any atom is -0.497 e. The number of rotatable bonds is 6. The summed E-state index contributed by atoms with van der Waals surface area (Å²) < 4.78 is 5.22. The number of aliphatic hydroxyl groups is 1. The Bertz CT molecular complexity index is 635. The summed E-state index contributed by atoms with van der Waals surface area (Å²) in [6.07, 6.45) is 5.10. The van der Waals surface area contributed by atoms with Gasteiger partial charge < -0.3 is 14.7 Å². The van der Waals surface area contributed by atoms with Crippen LogP contribution in [0.1, 0.15) is 44.6 Å². The fourth-order valence-corrected chi connectivity index (χ4v) is 4.07. The van der Waals surface area contributed by atoms with E-state index in [1.807, 2.05) is 36.1 Å². The zero-order chi connectivity index (χ0) is 17.9. The molecule has 1 heterocycles. The van der Waals surface area contributed by atoms with Gasteiger partial charge in [-0.25, -0.2) is 0 Å². The molecule has 1 atom stereocenters. The molecule has 5 nitrogen and oxygen atoms in total.